The van der Waals surface area contributed by atoms with Gasteiger partial charge in [-0.05, 0) is 42.8 Å². The summed E-state index contributed by atoms with van der Waals surface area (Å²) in [6.45, 7) is 2.01. The van der Waals surface area contributed by atoms with E-state index in [1.165, 1.54) is 19.5 Å². The summed E-state index contributed by atoms with van der Waals surface area (Å²) in [6, 6.07) is 12.9. The molecule has 0 aliphatic heterocycles. The summed E-state index contributed by atoms with van der Waals surface area (Å²) in [5, 5.41) is 6.36. The van der Waals surface area contributed by atoms with Gasteiger partial charge in [0.25, 0.3) is 5.91 Å². The summed E-state index contributed by atoms with van der Waals surface area (Å²) in [6.07, 6.45) is 2.91. The zero-order valence-corrected chi connectivity index (χ0v) is 15.0. The van der Waals surface area contributed by atoms with Crippen molar-refractivity contribution in [2.24, 2.45) is 0 Å². The average Bonchev–Trinajstić information content (AvgIpc) is 2.62. The number of rotatable bonds is 5. The van der Waals surface area contributed by atoms with E-state index in [1.54, 1.807) is 18.2 Å². The number of nitrogens with zero attached hydrogens (tertiary/aromatic N) is 2. The lowest BCUT2D eigenvalue weighted by atomic mass is 10.2. The van der Waals surface area contributed by atoms with Crippen molar-refractivity contribution in [3.63, 3.8) is 0 Å². The zero-order valence-electron chi connectivity index (χ0n) is 14.3. The Morgan fingerprint density at radius 3 is 2.65 bits per heavy atom. The second-order valence-electron chi connectivity index (χ2n) is 5.58. The van der Waals surface area contributed by atoms with E-state index in [0.29, 0.717) is 22.3 Å². The molecule has 3 aromatic rings. The average molecular weight is 369 g/mol. The zero-order chi connectivity index (χ0) is 18.5. The number of hydrogen-bond acceptors (Lipinski definition) is 5. The van der Waals surface area contributed by atoms with Crippen LogP contribution in [0.4, 0.5) is 17.2 Å². The standard InChI is InChI=1S/C19H17ClN4O2/c1-12-4-3-5-14(8-12)23-18-11-21-16(10-22-18)19(25)24-15-9-13(20)6-7-17(15)26-2/h3-11H,1-2H3,(H,22,23)(H,24,25). The Bertz CT molecular complexity index is 929. The van der Waals surface area contributed by atoms with Gasteiger partial charge in [-0.2, -0.15) is 0 Å². The Hall–Kier alpha value is -3.12. The molecule has 0 bridgehead atoms. The maximum absolute atomic E-state index is 12.4. The van der Waals surface area contributed by atoms with Crippen molar-refractivity contribution in [3.8, 4) is 5.75 Å². The monoisotopic (exact) mass is 368 g/mol. The number of aromatic nitrogens is 2. The van der Waals surface area contributed by atoms with Gasteiger partial charge in [0.2, 0.25) is 0 Å². The molecule has 0 saturated heterocycles. The third-order valence-corrected chi connectivity index (χ3v) is 3.82. The SMILES string of the molecule is COc1ccc(Cl)cc1NC(=O)c1cnc(Nc2cccc(C)c2)cn1. The Kier molecular flexibility index (Phi) is 5.34. The van der Waals surface area contributed by atoms with Crippen molar-refractivity contribution in [2.75, 3.05) is 17.7 Å². The molecule has 132 valence electrons. The molecule has 0 fully saturated rings. The van der Waals surface area contributed by atoms with Crippen molar-refractivity contribution in [2.45, 2.75) is 6.92 Å². The second kappa shape index (κ2) is 7.84. The van der Waals surface area contributed by atoms with E-state index in [9.17, 15) is 4.79 Å². The summed E-state index contributed by atoms with van der Waals surface area (Å²) in [4.78, 5) is 20.8. The maximum atomic E-state index is 12.4. The molecule has 0 atom stereocenters. The molecule has 1 amide bonds. The highest BCUT2D eigenvalue weighted by Crippen LogP contribution is 2.28. The first-order valence-electron chi connectivity index (χ1n) is 7.86. The number of anilines is 3. The second-order valence-corrected chi connectivity index (χ2v) is 6.02. The molecule has 6 nitrogen and oxygen atoms in total. The minimum absolute atomic E-state index is 0.182. The molecule has 0 aliphatic rings. The summed E-state index contributed by atoms with van der Waals surface area (Å²) in [7, 11) is 1.52. The van der Waals surface area contributed by atoms with Crippen LogP contribution in [0, 0.1) is 6.92 Å². The maximum Gasteiger partial charge on any atom is 0.275 e. The smallest absolute Gasteiger partial charge is 0.275 e. The predicted octanol–water partition coefficient (Wildman–Crippen LogP) is 4.44. The van der Waals surface area contributed by atoms with Crippen molar-refractivity contribution >= 4 is 34.7 Å². The lowest BCUT2D eigenvalue weighted by Gasteiger charge is -2.10. The van der Waals surface area contributed by atoms with Gasteiger partial charge in [0.05, 0.1) is 25.2 Å². The van der Waals surface area contributed by atoms with Gasteiger partial charge in [0.15, 0.2) is 0 Å². The van der Waals surface area contributed by atoms with Gasteiger partial charge in [-0.25, -0.2) is 9.97 Å². The van der Waals surface area contributed by atoms with Crippen molar-refractivity contribution < 1.29 is 9.53 Å². The molecule has 0 radical (unpaired) electrons. The summed E-state index contributed by atoms with van der Waals surface area (Å²) < 4.78 is 5.21. The van der Waals surface area contributed by atoms with E-state index in [2.05, 4.69) is 20.6 Å². The topological polar surface area (TPSA) is 76.1 Å². The predicted molar refractivity (Wildman–Crippen MR) is 102 cm³/mol. The Labute approximate surface area is 156 Å². The normalized spacial score (nSPS) is 10.3. The van der Waals surface area contributed by atoms with E-state index in [4.69, 9.17) is 16.3 Å². The molecule has 2 aromatic carbocycles. The number of amides is 1. The van der Waals surface area contributed by atoms with Crippen LogP contribution in [0.15, 0.2) is 54.9 Å². The summed E-state index contributed by atoms with van der Waals surface area (Å²) in [5.74, 6) is 0.654. The molecule has 2 N–H and O–H groups in total. The molecular formula is C19H17ClN4O2. The molecular weight excluding hydrogens is 352 g/mol. The number of ether oxygens (including phenoxy) is 1. The van der Waals surface area contributed by atoms with Crippen LogP contribution in [0.25, 0.3) is 0 Å². The van der Waals surface area contributed by atoms with E-state index in [0.717, 1.165) is 11.3 Å². The quantitative estimate of drug-likeness (QED) is 0.696. The Balaban J connectivity index is 1.72. The third kappa shape index (κ3) is 4.29. The molecule has 1 aromatic heterocycles. The van der Waals surface area contributed by atoms with Crippen molar-refractivity contribution in [1.82, 2.24) is 9.97 Å². The van der Waals surface area contributed by atoms with Gasteiger partial charge in [0.1, 0.15) is 17.3 Å². The number of carbonyl (C=O) groups excluding carboxylic acids is 1. The lowest BCUT2D eigenvalue weighted by molar-refractivity contribution is 0.102. The number of methoxy groups -OCH3 is 1. The molecule has 0 saturated carbocycles. The fraction of sp³-hybridized carbons (Fsp3) is 0.105. The van der Waals surface area contributed by atoms with E-state index in [-0.39, 0.29) is 5.69 Å². The van der Waals surface area contributed by atoms with Crippen LogP contribution < -0.4 is 15.4 Å². The fourth-order valence-corrected chi connectivity index (χ4v) is 2.52. The number of hydrogen-bond donors (Lipinski definition) is 2. The number of benzene rings is 2. The molecule has 7 heteroatoms. The molecule has 0 aliphatic carbocycles. The fourth-order valence-electron chi connectivity index (χ4n) is 2.34. The van der Waals surface area contributed by atoms with Crippen LogP contribution >= 0.6 is 11.6 Å². The Morgan fingerprint density at radius 1 is 1.12 bits per heavy atom. The van der Waals surface area contributed by atoms with Gasteiger partial charge in [0, 0.05) is 10.7 Å². The highest BCUT2D eigenvalue weighted by atomic mass is 35.5. The van der Waals surface area contributed by atoms with Crippen molar-refractivity contribution in [1.29, 1.82) is 0 Å². The van der Waals surface area contributed by atoms with Crippen LogP contribution in [0.1, 0.15) is 16.1 Å². The van der Waals surface area contributed by atoms with Crippen LogP contribution in [0.2, 0.25) is 5.02 Å². The van der Waals surface area contributed by atoms with Crippen LogP contribution in [0.5, 0.6) is 5.75 Å². The largest absolute Gasteiger partial charge is 0.495 e. The highest BCUT2D eigenvalue weighted by Gasteiger charge is 2.12. The van der Waals surface area contributed by atoms with Gasteiger partial charge in [-0.3, -0.25) is 4.79 Å². The van der Waals surface area contributed by atoms with Gasteiger partial charge >= 0.3 is 0 Å². The van der Waals surface area contributed by atoms with Crippen LogP contribution in [0.3, 0.4) is 0 Å². The molecule has 26 heavy (non-hydrogen) atoms. The number of aryl methyl sites for hydroxylation is 1. The van der Waals surface area contributed by atoms with E-state index < -0.39 is 5.91 Å². The van der Waals surface area contributed by atoms with E-state index in [1.807, 2.05) is 31.2 Å². The summed E-state index contributed by atoms with van der Waals surface area (Å²) >= 11 is 5.97. The molecule has 0 unspecified atom stereocenters. The number of nitrogens with one attached hydrogen (secondary N) is 2. The Morgan fingerprint density at radius 2 is 1.96 bits per heavy atom. The first kappa shape index (κ1) is 17.7. The van der Waals surface area contributed by atoms with Gasteiger partial charge in [-0.15, -0.1) is 0 Å². The first-order chi connectivity index (χ1) is 12.5. The van der Waals surface area contributed by atoms with Gasteiger partial charge < -0.3 is 15.4 Å². The minimum atomic E-state index is -0.403. The number of halogens is 1. The summed E-state index contributed by atoms with van der Waals surface area (Å²) in [5.41, 5.74) is 2.69. The molecule has 1 heterocycles. The minimum Gasteiger partial charge on any atom is -0.495 e. The lowest BCUT2D eigenvalue weighted by Crippen LogP contribution is -2.15. The molecule has 0 spiro atoms. The van der Waals surface area contributed by atoms with Crippen molar-refractivity contribution in [3.05, 3.63) is 71.1 Å². The van der Waals surface area contributed by atoms with Crippen LogP contribution in [-0.4, -0.2) is 23.0 Å². The highest BCUT2D eigenvalue weighted by molar-refractivity contribution is 6.31. The van der Waals surface area contributed by atoms with E-state index >= 15 is 0 Å². The van der Waals surface area contributed by atoms with Gasteiger partial charge in [-0.1, -0.05) is 23.7 Å². The molecule has 3 rings (SSSR count). The first-order valence-corrected chi connectivity index (χ1v) is 8.23. The van der Waals surface area contributed by atoms with Crippen LogP contribution in [-0.2, 0) is 0 Å². The number of carbonyl (C=O) groups is 1. The third-order valence-electron chi connectivity index (χ3n) is 3.58.